The van der Waals surface area contributed by atoms with E-state index in [0.717, 1.165) is 12.8 Å². The Labute approximate surface area is 114 Å². The third kappa shape index (κ3) is 6.22. The third-order valence-corrected chi connectivity index (χ3v) is 3.52. The smallest absolute Gasteiger partial charge is 0.317 e. The van der Waals surface area contributed by atoms with Crippen LogP contribution in [0.15, 0.2) is 25.3 Å². The van der Waals surface area contributed by atoms with Crippen LogP contribution in [0.1, 0.15) is 33.1 Å². The summed E-state index contributed by atoms with van der Waals surface area (Å²) < 4.78 is 0. The maximum atomic E-state index is 11.0. The fraction of sp³-hybridized carbons (Fsp3) is 0.600. The molecule has 0 spiro atoms. The van der Waals surface area contributed by atoms with Crippen LogP contribution in [0.5, 0.6) is 0 Å². The molecule has 3 atom stereocenters. The van der Waals surface area contributed by atoms with Crippen molar-refractivity contribution in [2.75, 3.05) is 0 Å². The van der Waals surface area contributed by atoms with Crippen LogP contribution in [0.4, 0.5) is 0 Å². The summed E-state index contributed by atoms with van der Waals surface area (Å²) in [4.78, 5) is 22.0. The molecule has 0 radical (unpaired) electrons. The van der Waals surface area contributed by atoms with Crippen LogP contribution < -0.4 is 0 Å². The molecule has 4 nitrogen and oxygen atoms in total. The summed E-state index contributed by atoms with van der Waals surface area (Å²) in [5.74, 6) is -3.44. The van der Waals surface area contributed by atoms with Crippen molar-refractivity contribution in [3.63, 3.8) is 0 Å². The number of rotatable bonds is 10. The summed E-state index contributed by atoms with van der Waals surface area (Å²) >= 11 is 0. The second-order valence-corrected chi connectivity index (χ2v) is 5.18. The second-order valence-electron chi connectivity index (χ2n) is 5.18. The molecule has 2 N–H and O–H groups in total. The van der Waals surface area contributed by atoms with Gasteiger partial charge in [0.25, 0.3) is 0 Å². The third-order valence-electron chi connectivity index (χ3n) is 3.52. The number of hydrogen-bond donors (Lipinski definition) is 2. The van der Waals surface area contributed by atoms with E-state index in [1.165, 1.54) is 0 Å². The van der Waals surface area contributed by atoms with Gasteiger partial charge in [0.2, 0.25) is 0 Å². The van der Waals surface area contributed by atoms with Crippen LogP contribution in [0, 0.1) is 23.7 Å². The minimum Gasteiger partial charge on any atom is -0.481 e. The zero-order valence-electron chi connectivity index (χ0n) is 11.7. The minimum atomic E-state index is -1.34. The van der Waals surface area contributed by atoms with Gasteiger partial charge in [0.1, 0.15) is 0 Å². The highest BCUT2D eigenvalue weighted by Gasteiger charge is 2.31. The Hall–Kier alpha value is -1.58. The quantitative estimate of drug-likeness (QED) is 0.471. The molecule has 0 heterocycles. The summed E-state index contributed by atoms with van der Waals surface area (Å²) in [7, 11) is 0. The Morgan fingerprint density at radius 3 is 2.00 bits per heavy atom. The predicted molar refractivity (Wildman–Crippen MR) is 74.8 cm³/mol. The van der Waals surface area contributed by atoms with Crippen LogP contribution in [0.25, 0.3) is 0 Å². The van der Waals surface area contributed by atoms with Crippen molar-refractivity contribution in [3.8, 4) is 0 Å². The van der Waals surface area contributed by atoms with Crippen molar-refractivity contribution >= 4 is 11.9 Å². The van der Waals surface area contributed by atoms with Crippen molar-refractivity contribution < 1.29 is 19.8 Å². The molecular formula is C15H24O4. The molecule has 4 heteroatoms. The van der Waals surface area contributed by atoms with Crippen LogP contribution >= 0.6 is 0 Å². The van der Waals surface area contributed by atoms with Gasteiger partial charge in [0.15, 0.2) is 5.92 Å². The summed E-state index contributed by atoms with van der Waals surface area (Å²) in [5.41, 5.74) is 0. The predicted octanol–water partition coefficient (Wildman–Crippen LogP) is 3.20. The molecule has 3 unspecified atom stereocenters. The maximum Gasteiger partial charge on any atom is 0.317 e. The van der Waals surface area contributed by atoms with Gasteiger partial charge in [-0.1, -0.05) is 26.0 Å². The minimum absolute atomic E-state index is 0.00431. The van der Waals surface area contributed by atoms with Crippen LogP contribution in [0.3, 0.4) is 0 Å². The molecule has 0 rings (SSSR count). The fourth-order valence-electron chi connectivity index (χ4n) is 2.23. The van der Waals surface area contributed by atoms with E-state index in [2.05, 4.69) is 20.1 Å². The highest BCUT2D eigenvalue weighted by atomic mass is 16.4. The first-order valence-corrected chi connectivity index (χ1v) is 6.52. The van der Waals surface area contributed by atoms with E-state index in [1.54, 1.807) is 6.08 Å². The molecular weight excluding hydrogens is 244 g/mol. The molecule has 0 aliphatic rings. The van der Waals surface area contributed by atoms with Crippen molar-refractivity contribution in [1.82, 2.24) is 0 Å². The Kier molecular flexibility index (Phi) is 7.80. The number of aliphatic carboxylic acids is 2. The SMILES string of the molecule is C=CCC(C)CC(CC(C(=O)O)C(=O)O)C(C)C=C. The Morgan fingerprint density at radius 2 is 1.63 bits per heavy atom. The van der Waals surface area contributed by atoms with E-state index < -0.39 is 17.9 Å². The van der Waals surface area contributed by atoms with Gasteiger partial charge in [-0.3, -0.25) is 9.59 Å². The first-order valence-electron chi connectivity index (χ1n) is 6.52. The Bertz CT molecular complexity index is 321. The summed E-state index contributed by atoms with van der Waals surface area (Å²) in [6.45, 7) is 11.4. The van der Waals surface area contributed by atoms with E-state index in [9.17, 15) is 9.59 Å². The molecule has 108 valence electrons. The molecule has 0 aromatic rings. The monoisotopic (exact) mass is 268 g/mol. The van der Waals surface area contributed by atoms with Gasteiger partial charge in [-0.2, -0.15) is 0 Å². The standard InChI is InChI=1S/C15H24O4/c1-5-7-10(3)8-12(11(4)6-2)9-13(14(16)17)15(18)19/h5-6,10-13H,1-2,7-9H2,3-4H3,(H,16,17)(H,18,19). The van der Waals surface area contributed by atoms with Gasteiger partial charge in [-0.15, -0.1) is 13.2 Å². The van der Waals surface area contributed by atoms with Gasteiger partial charge in [-0.25, -0.2) is 0 Å². The summed E-state index contributed by atoms with van der Waals surface area (Å²) in [6, 6.07) is 0. The van der Waals surface area contributed by atoms with Gasteiger partial charge in [0.05, 0.1) is 0 Å². The lowest BCUT2D eigenvalue weighted by Crippen LogP contribution is -2.28. The lowest BCUT2D eigenvalue weighted by molar-refractivity contribution is -0.155. The topological polar surface area (TPSA) is 74.6 Å². The lowest BCUT2D eigenvalue weighted by atomic mass is 9.79. The number of carboxylic acid groups (broad SMARTS) is 2. The van der Waals surface area contributed by atoms with Crippen LogP contribution in [0.2, 0.25) is 0 Å². The zero-order valence-corrected chi connectivity index (χ0v) is 11.7. The molecule has 0 bridgehead atoms. The van der Waals surface area contributed by atoms with E-state index in [4.69, 9.17) is 10.2 Å². The normalized spacial score (nSPS) is 15.5. The van der Waals surface area contributed by atoms with Crippen LogP contribution in [-0.2, 0) is 9.59 Å². The van der Waals surface area contributed by atoms with Gasteiger partial charge in [0, 0.05) is 0 Å². The van der Waals surface area contributed by atoms with E-state index >= 15 is 0 Å². The first-order chi connectivity index (χ1) is 8.83. The molecule has 0 fully saturated rings. The molecule has 0 aromatic carbocycles. The van der Waals surface area contributed by atoms with Crippen molar-refractivity contribution in [1.29, 1.82) is 0 Å². The molecule has 0 saturated carbocycles. The van der Waals surface area contributed by atoms with E-state index in [1.807, 2.05) is 13.0 Å². The molecule has 0 amide bonds. The maximum absolute atomic E-state index is 11.0. The van der Waals surface area contributed by atoms with Gasteiger partial charge in [-0.05, 0) is 37.0 Å². The largest absolute Gasteiger partial charge is 0.481 e. The summed E-state index contributed by atoms with van der Waals surface area (Å²) in [5, 5.41) is 17.9. The zero-order chi connectivity index (χ0) is 15.0. The molecule has 0 aromatic heterocycles. The fourth-order valence-corrected chi connectivity index (χ4v) is 2.23. The molecule has 19 heavy (non-hydrogen) atoms. The summed E-state index contributed by atoms with van der Waals surface area (Å²) in [6.07, 6.45) is 5.33. The first kappa shape index (κ1) is 17.4. The van der Waals surface area contributed by atoms with Crippen LogP contribution in [-0.4, -0.2) is 22.2 Å². The molecule has 0 aliphatic carbocycles. The highest BCUT2D eigenvalue weighted by Crippen LogP contribution is 2.29. The highest BCUT2D eigenvalue weighted by molar-refractivity contribution is 5.92. The average Bonchev–Trinajstić information content (AvgIpc) is 2.32. The number of carbonyl (C=O) groups is 2. The van der Waals surface area contributed by atoms with Gasteiger partial charge < -0.3 is 10.2 Å². The molecule has 0 saturated heterocycles. The van der Waals surface area contributed by atoms with Crippen molar-refractivity contribution in [3.05, 3.63) is 25.3 Å². The average molecular weight is 268 g/mol. The van der Waals surface area contributed by atoms with E-state index in [-0.39, 0.29) is 18.3 Å². The molecule has 0 aliphatic heterocycles. The van der Waals surface area contributed by atoms with Crippen molar-refractivity contribution in [2.24, 2.45) is 23.7 Å². The van der Waals surface area contributed by atoms with Gasteiger partial charge >= 0.3 is 11.9 Å². The Balaban J connectivity index is 4.83. The Morgan fingerprint density at radius 1 is 1.11 bits per heavy atom. The number of hydrogen-bond acceptors (Lipinski definition) is 2. The lowest BCUT2D eigenvalue weighted by Gasteiger charge is -2.25. The second kappa shape index (κ2) is 8.51. The van der Waals surface area contributed by atoms with Crippen molar-refractivity contribution in [2.45, 2.75) is 33.1 Å². The number of allylic oxidation sites excluding steroid dienone is 2. The number of carboxylic acids is 2. The van der Waals surface area contributed by atoms with E-state index in [0.29, 0.717) is 5.92 Å².